The van der Waals surface area contributed by atoms with Crippen LogP contribution in [0.5, 0.6) is 0 Å². The Morgan fingerprint density at radius 2 is 1.00 bits per heavy atom. The van der Waals surface area contributed by atoms with Crippen LogP contribution in [-0.4, -0.2) is 0 Å². The van der Waals surface area contributed by atoms with E-state index >= 15 is 0 Å². The van der Waals surface area contributed by atoms with Gasteiger partial charge in [-0.1, -0.05) is 142 Å². The molecule has 31 heavy (non-hydrogen) atoms. The molecule has 3 aliphatic carbocycles. The van der Waals surface area contributed by atoms with E-state index in [1.54, 1.807) is 57.8 Å². The highest BCUT2D eigenvalue weighted by molar-refractivity contribution is 4.92. The second-order valence-corrected chi connectivity index (χ2v) is 12.2. The highest BCUT2D eigenvalue weighted by Gasteiger charge is 2.42. The lowest BCUT2D eigenvalue weighted by Crippen LogP contribution is -2.41. The highest BCUT2D eigenvalue weighted by Crippen LogP contribution is 2.52. The smallest absolute Gasteiger partial charge is 0.0326 e. The first-order valence-corrected chi connectivity index (χ1v) is 15.3. The van der Waals surface area contributed by atoms with Crippen LogP contribution in [0.2, 0.25) is 0 Å². The van der Waals surface area contributed by atoms with Gasteiger partial charge in [0.2, 0.25) is 0 Å². The molecule has 0 N–H and O–H groups in total. The second-order valence-electron chi connectivity index (χ2n) is 12.2. The minimum Gasteiger partial charge on any atom is -0.0654 e. The lowest BCUT2D eigenvalue weighted by Gasteiger charge is -2.49. The summed E-state index contributed by atoms with van der Waals surface area (Å²) in [6.45, 7) is 4.87. The predicted molar refractivity (Wildman–Crippen MR) is 138 cm³/mol. The van der Waals surface area contributed by atoms with Crippen molar-refractivity contribution < 1.29 is 0 Å². The van der Waals surface area contributed by atoms with E-state index in [4.69, 9.17) is 0 Å². The van der Waals surface area contributed by atoms with E-state index in [1.807, 2.05) is 0 Å². The Morgan fingerprint density at radius 3 is 1.74 bits per heavy atom. The fourth-order valence-electron chi connectivity index (χ4n) is 8.45. The van der Waals surface area contributed by atoms with Gasteiger partial charge in [0.05, 0.1) is 0 Å². The van der Waals surface area contributed by atoms with Crippen LogP contribution in [0, 0.1) is 35.5 Å². The minimum atomic E-state index is 1.04. The summed E-state index contributed by atoms with van der Waals surface area (Å²) in [6.07, 6.45) is 35.1. The molecule has 0 aromatic carbocycles. The van der Waals surface area contributed by atoms with Gasteiger partial charge in [-0.05, 0) is 54.8 Å². The molecule has 0 nitrogen and oxygen atoms in total. The third kappa shape index (κ3) is 8.37. The van der Waals surface area contributed by atoms with Crippen LogP contribution in [0.4, 0.5) is 0 Å². The average Bonchev–Trinajstić information content (AvgIpc) is 2.79. The van der Waals surface area contributed by atoms with E-state index in [0.717, 1.165) is 35.5 Å². The van der Waals surface area contributed by atoms with Gasteiger partial charge in [-0.2, -0.15) is 0 Å². The summed E-state index contributed by atoms with van der Waals surface area (Å²) in [6, 6.07) is 0. The first-order chi connectivity index (χ1) is 15.3. The van der Waals surface area contributed by atoms with Gasteiger partial charge >= 0.3 is 0 Å². The van der Waals surface area contributed by atoms with Crippen LogP contribution in [0.3, 0.4) is 0 Å². The van der Waals surface area contributed by atoms with Crippen molar-refractivity contribution in [1.29, 1.82) is 0 Å². The molecule has 0 radical (unpaired) electrons. The van der Waals surface area contributed by atoms with E-state index < -0.39 is 0 Å². The molecule has 0 spiro atoms. The minimum absolute atomic E-state index is 1.04. The second kappa shape index (κ2) is 15.0. The van der Waals surface area contributed by atoms with Gasteiger partial charge in [0.25, 0.3) is 0 Å². The standard InChI is InChI=1S/C31H58/c1-3-16-26-18-11-9-7-5-6-8-10-12-21-29(22-15-19-26)31-28(17-4-2)25-24-27-20-13-14-23-30(27)31/h26-31H,3-25H2,1-2H3. The molecule has 3 aliphatic rings. The lowest BCUT2D eigenvalue weighted by atomic mass is 9.56. The number of hydrogen-bond donors (Lipinski definition) is 0. The summed E-state index contributed by atoms with van der Waals surface area (Å²) in [5.41, 5.74) is 0. The maximum atomic E-state index is 2.45. The first-order valence-electron chi connectivity index (χ1n) is 15.3. The van der Waals surface area contributed by atoms with Crippen LogP contribution < -0.4 is 0 Å². The molecule has 0 aromatic heterocycles. The molecule has 0 aromatic rings. The van der Waals surface area contributed by atoms with Crippen molar-refractivity contribution in [3.63, 3.8) is 0 Å². The van der Waals surface area contributed by atoms with Crippen LogP contribution in [-0.2, 0) is 0 Å². The molecular weight excluding hydrogens is 372 g/mol. The van der Waals surface area contributed by atoms with Crippen LogP contribution in [0.15, 0.2) is 0 Å². The maximum absolute atomic E-state index is 2.45. The third-order valence-corrected chi connectivity index (χ3v) is 9.94. The van der Waals surface area contributed by atoms with Gasteiger partial charge < -0.3 is 0 Å². The normalized spacial score (nSPS) is 37.4. The Balaban J connectivity index is 1.68. The first kappa shape index (κ1) is 25.6. The quantitative estimate of drug-likeness (QED) is 0.406. The van der Waals surface area contributed by atoms with E-state index in [9.17, 15) is 0 Å². The Labute approximate surface area is 197 Å². The monoisotopic (exact) mass is 430 g/mol. The molecule has 0 heterocycles. The predicted octanol–water partition coefficient (Wildman–Crippen LogP) is 10.7. The zero-order chi connectivity index (χ0) is 21.7. The van der Waals surface area contributed by atoms with Crippen molar-refractivity contribution in [2.75, 3.05) is 0 Å². The van der Waals surface area contributed by atoms with Crippen molar-refractivity contribution >= 4 is 0 Å². The molecule has 182 valence electrons. The zero-order valence-electron chi connectivity index (χ0n) is 21.7. The summed E-state index contributed by atoms with van der Waals surface area (Å²) in [5, 5.41) is 0. The van der Waals surface area contributed by atoms with Crippen LogP contribution in [0.25, 0.3) is 0 Å². The Morgan fingerprint density at radius 1 is 0.452 bits per heavy atom. The largest absolute Gasteiger partial charge is 0.0654 e. The molecule has 3 saturated carbocycles. The van der Waals surface area contributed by atoms with Crippen molar-refractivity contribution in [1.82, 2.24) is 0 Å². The van der Waals surface area contributed by atoms with E-state index in [2.05, 4.69) is 13.8 Å². The molecular formula is C31H58. The molecule has 0 saturated heterocycles. The van der Waals surface area contributed by atoms with Gasteiger partial charge in [-0.3, -0.25) is 0 Å². The number of fused-ring (bicyclic) bond motifs is 1. The Hall–Kier alpha value is 0. The van der Waals surface area contributed by atoms with E-state index in [0.29, 0.717) is 0 Å². The van der Waals surface area contributed by atoms with Gasteiger partial charge in [-0.25, -0.2) is 0 Å². The molecule has 6 atom stereocenters. The van der Waals surface area contributed by atoms with Crippen molar-refractivity contribution in [3.8, 4) is 0 Å². The highest BCUT2D eigenvalue weighted by atomic mass is 14.5. The fourth-order valence-corrected chi connectivity index (χ4v) is 8.45. The van der Waals surface area contributed by atoms with Crippen molar-refractivity contribution in [2.45, 2.75) is 162 Å². The van der Waals surface area contributed by atoms with Crippen LogP contribution in [0.1, 0.15) is 162 Å². The molecule has 0 bridgehead atoms. The summed E-state index contributed by atoms with van der Waals surface area (Å²) < 4.78 is 0. The summed E-state index contributed by atoms with van der Waals surface area (Å²) in [7, 11) is 0. The van der Waals surface area contributed by atoms with Gasteiger partial charge in [0.15, 0.2) is 0 Å². The number of hydrogen-bond acceptors (Lipinski definition) is 0. The Bertz CT molecular complexity index is 439. The van der Waals surface area contributed by atoms with Gasteiger partial charge in [0.1, 0.15) is 0 Å². The zero-order valence-corrected chi connectivity index (χ0v) is 21.7. The lowest BCUT2D eigenvalue weighted by molar-refractivity contribution is 0.00485. The number of rotatable bonds is 5. The van der Waals surface area contributed by atoms with Crippen molar-refractivity contribution in [3.05, 3.63) is 0 Å². The molecule has 6 unspecified atom stereocenters. The van der Waals surface area contributed by atoms with Gasteiger partial charge in [0, 0.05) is 0 Å². The van der Waals surface area contributed by atoms with Crippen LogP contribution >= 0.6 is 0 Å². The molecule has 0 amide bonds. The summed E-state index contributed by atoms with van der Waals surface area (Å²) >= 11 is 0. The van der Waals surface area contributed by atoms with Gasteiger partial charge in [-0.15, -0.1) is 0 Å². The summed E-state index contributed by atoms with van der Waals surface area (Å²) in [5.74, 6) is 6.49. The third-order valence-electron chi connectivity index (χ3n) is 9.94. The molecule has 0 aliphatic heterocycles. The Kier molecular flexibility index (Phi) is 12.4. The summed E-state index contributed by atoms with van der Waals surface area (Å²) in [4.78, 5) is 0. The fraction of sp³-hybridized carbons (Fsp3) is 1.00. The molecule has 3 fully saturated rings. The molecule has 0 heteroatoms. The van der Waals surface area contributed by atoms with E-state index in [-0.39, 0.29) is 0 Å². The SMILES string of the molecule is CCCC1CCCCCCCCCCC(C2C(CCC)CCC3CCCCC32)CCC1. The van der Waals surface area contributed by atoms with E-state index in [1.165, 1.54) is 89.9 Å². The molecule has 3 rings (SSSR count). The van der Waals surface area contributed by atoms with Crippen molar-refractivity contribution in [2.24, 2.45) is 35.5 Å². The average molecular weight is 431 g/mol. The maximum Gasteiger partial charge on any atom is -0.0326 e. The topological polar surface area (TPSA) is 0 Å².